The molecule has 1 unspecified atom stereocenters. The lowest BCUT2D eigenvalue weighted by Crippen LogP contribution is -2.17. The molecule has 1 aromatic carbocycles. The highest BCUT2D eigenvalue weighted by molar-refractivity contribution is 8.14. The minimum atomic E-state index is -0.942. The standard InChI is InChI=1S/C12H13NO4S/c1-2-17-7-3-4-8(10(14)5-7)11-13-9(6-18-11)12(15)16/h3-5,9,14H,2,6H2,1H3,(H,15,16). The lowest BCUT2D eigenvalue weighted by Gasteiger charge is -2.07. The number of rotatable bonds is 4. The van der Waals surface area contributed by atoms with E-state index in [2.05, 4.69) is 4.99 Å². The van der Waals surface area contributed by atoms with Gasteiger partial charge in [-0.3, -0.25) is 4.99 Å². The fourth-order valence-corrected chi connectivity index (χ4v) is 2.66. The Balaban J connectivity index is 2.24. The van der Waals surface area contributed by atoms with E-state index in [0.29, 0.717) is 28.7 Å². The topological polar surface area (TPSA) is 79.1 Å². The zero-order valence-corrected chi connectivity index (χ0v) is 10.6. The Morgan fingerprint density at radius 2 is 2.39 bits per heavy atom. The maximum absolute atomic E-state index is 10.8. The smallest absolute Gasteiger partial charge is 0.329 e. The minimum absolute atomic E-state index is 0.0539. The lowest BCUT2D eigenvalue weighted by atomic mass is 10.2. The number of carboxylic acids is 1. The van der Waals surface area contributed by atoms with Crippen molar-refractivity contribution >= 4 is 22.8 Å². The molecule has 18 heavy (non-hydrogen) atoms. The molecule has 1 heterocycles. The highest BCUT2D eigenvalue weighted by atomic mass is 32.2. The number of aromatic hydroxyl groups is 1. The predicted octanol–water partition coefficient (Wildman–Crippen LogP) is 1.74. The van der Waals surface area contributed by atoms with Crippen LogP contribution in [0, 0.1) is 0 Å². The first kappa shape index (κ1) is 12.8. The minimum Gasteiger partial charge on any atom is -0.507 e. The van der Waals surface area contributed by atoms with Crippen LogP contribution in [0.25, 0.3) is 0 Å². The van der Waals surface area contributed by atoms with E-state index >= 15 is 0 Å². The summed E-state index contributed by atoms with van der Waals surface area (Å²) in [6.45, 7) is 2.38. The van der Waals surface area contributed by atoms with Crippen molar-refractivity contribution in [3.05, 3.63) is 23.8 Å². The SMILES string of the molecule is CCOc1ccc(C2=NC(C(=O)O)CS2)c(O)c1. The summed E-state index contributed by atoms with van der Waals surface area (Å²) < 4.78 is 5.26. The molecule has 2 rings (SSSR count). The van der Waals surface area contributed by atoms with Crippen LogP contribution in [0.2, 0.25) is 0 Å². The predicted molar refractivity (Wildman–Crippen MR) is 69.7 cm³/mol. The number of carbonyl (C=O) groups is 1. The molecule has 1 aliphatic rings. The Kier molecular flexibility index (Phi) is 3.76. The molecule has 0 aliphatic carbocycles. The number of hydrogen-bond acceptors (Lipinski definition) is 5. The second-order valence-electron chi connectivity index (χ2n) is 3.71. The van der Waals surface area contributed by atoms with E-state index in [4.69, 9.17) is 9.84 Å². The van der Waals surface area contributed by atoms with Crippen LogP contribution in [-0.4, -0.2) is 39.6 Å². The molecule has 0 fully saturated rings. The number of aliphatic imine (C=N–C) groups is 1. The Morgan fingerprint density at radius 1 is 1.61 bits per heavy atom. The molecule has 0 bridgehead atoms. The zero-order chi connectivity index (χ0) is 13.1. The molecule has 96 valence electrons. The Labute approximate surface area is 108 Å². The van der Waals surface area contributed by atoms with Crippen LogP contribution in [0.3, 0.4) is 0 Å². The van der Waals surface area contributed by atoms with Gasteiger partial charge in [0.05, 0.1) is 6.61 Å². The summed E-state index contributed by atoms with van der Waals surface area (Å²) in [5, 5.41) is 19.3. The van der Waals surface area contributed by atoms with Gasteiger partial charge in [0.2, 0.25) is 0 Å². The number of phenolic OH excluding ortho intramolecular Hbond substituents is 1. The van der Waals surface area contributed by atoms with Crippen molar-refractivity contribution in [2.24, 2.45) is 4.99 Å². The van der Waals surface area contributed by atoms with Crippen molar-refractivity contribution in [3.8, 4) is 11.5 Å². The van der Waals surface area contributed by atoms with E-state index in [1.165, 1.54) is 17.8 Å². The van der Waals surface area contributed by atoms with Crippen LogP contribution in [0.5, 0.6) is 11.5 Å². The van der Waals surface area contributed by atoms with Crippen molar-refractivity contribution in [3.63, 3.8) is 0 Å². The molecule has 0 saturated carbocycles. The first-order chi connectivity index (χ1) is 8.61. The average molecular weight is 267 g/mol. The first-order valence-corrected chi connectivity index (χ1v) is 6.50. The van der Waals surface area contributed by atoms with Gasteiger partial charge >= 0.3 is 5.97 Å². The molecule has 0 radical (unpaired) electrons. The second-order valence-corrected chi connectivity index (χ2v) is 4.72. The van der Waals surface area contributed by atoms with E-state index < -0.39 is 12.0 Å². The van der Waals surface area contributed by atoms with Gasteiger partial charge in [0, 0.05) is 17.4 Å². The molecule has 1 aliphatic heterocycles. The van der Waals surface area contributed by atoms with Crippen LogP contribution < -0.4 is 4.74 Å². The van der Waals surface area contributed by atoms with E-state index in [1.807, 2.05) is 6.92 Å². The fraction of sp³-hybridized carbons (Fsp3) is 0.333. The third-order valence-corrected chi connectivity index (χ3v) is 3.53. The highest BCUT2D eigenvalue weighted by Crippen LogP contribution is 2.31. The number of thioether (sulfide) groups is 1. The molecule has 5 nitrogen and oxygen atoms in total. The fourth-order valence-electron chi connectivity index (χ4n) is 1.60. The van der Waals surface area contributed by atoms with Crippen LogP contribution in [0.1, 0.15) is 12.5 Å². The van der Waals surface area contributed by atoms with Gasteiger partial charge in [-0.25, -0.2) is 4.79 Å². The Bertz CT molecular complexity index is 501. The molecule has 2 N–H and O–H groups in total. The first-order valence-electron chi connectivity index (χ1n) is 5.51. The van der Waals surface area contributed by atoms with Crippen LogP contribution in [0.15, 0.2) is 23.2 Å². The van der Waals surface area contributed by atoms with Crippen molar-refractivity contribution < 1.29 is 19.7 Å². The van der Waals surface area contributed by atoms with E-state index in [1.54, 1.807) is 12.1 Å². The Morgan fingerprint density at radius 3 is 2.94 bits per heavy atom. The van der Waals surface area contributed by atoms with Gasteiger partial charge in [0.25, 0.3) is 0 Å². The second kappa shape index (κ2) is 5.30. The molecule has 0 amide bonds. The maximum Gasteiger partial charge on any atom is 0.329 e. The normalized spacial score (nSPS) is 18.5. The molecule has 1 aromatic rings. The maximum atomic E-state index is 10.8. The van der Waals surface area contributed by atoms with Gasteiger partial charge in [-0.05, 0) is 19.1 Å². The summed E-state index contributed by atoms with van der Waals surface area (Å²) in [4.78, 5) is 14.9. The molecular formula is C12H13NO4S. The van der Waals surface area contributed by atoms with Gasteiger partial charge in [0.1, 0.15) is 16.5 Å². The summed E-state index contributed by atoms with van der Waals surface area (Å²) in [7, 11) is 0. The summed E-state index contributed by atoms with van der Waals surface area (Å²) in [6.07, 6.45) is 0. The van der Waals surface area contributed by atoms with Crippen LogP contribution >= 0.6 is 11.8 Å². The molecule has 6 heteroatoms. The summed E-state index contributed by atoms with van der Waals surface area (Å²) >= 11 is 1.33. The summed E-state index contributed by atoms with van der Waals surface area (Å²) in [5.74, 6) is 0.0930. The average Bonchev–Trinajstić information content (AvgIpc) is 2.79. The number of benzene rings is 1. The Hall–Kier alpha value is -1.69. The van der Waals surface area contributed by atoms with Gasteiger partial charge in [0.15, 0.2) is 6.04 Å². The van der Waals surface area contributed by atoms with Crippen LogP contribution in [0.4, 0.5) is 0 Å². The van der Waals surface area contributed by atoms with E-state index in [0.717, 1.165) is 0 Å². The van der Waals surface area contributed by atoms with Crippen molar-refractivity contribution in [2.75, 3.05) is 12.4 Å². The molecule has 0 aromatic heterocycles. The van der Waals surface area contributed by atoms with Crippen molar-refractivity contribution in [2.45, 2.75) is 13.0 Å². The largest absolute Gasteiger partial charge is 0.507 e. The van der Waals surface area contributed by atoms with Gasteiger partial charge in [-0.1, -0.05) is 0 Å². The molecule has 0 saturated heterocycles. The van der Waals surface area contributed by atoms with Crippen molar-refractivity contribution in [1.82, 2.24) is 0 Å². The summed E-state index contributed by atoms with van der Waals surface area (Å²) in [6, 6.07) is 4.21. The number of carboxylic acid groups (broad SMARTS) is 1. The summed E-state index contributed by atoms with van der Waals surface area (Å²) in [5.41, 5.74) is 0.548. The molecule has 0 spiro atoms. The molecular weight excluding hydrogens is 254 g/mol. The third kappa shape index (κ3) is 2.59. The van der Waals surface area contributed by atoms with Gasteiger partial charge in [-0.15, -0.1) is 11.8 Å². The lowest BCUT2D eigenvalue weighted by molar-refractivity contribution is -0.137. The van der Waals surface area contributed by atoms with Crippen LogP contribution in [-0.2, 0) is 4.79 Å². The number of nitrogens with zero attached hydrogens (tertiary/aromatic N) is 1. The number of aliphatic carboxylic acids is 1. The number of ether oxygens (including phenoxy) is 1. The highest BCUT2D eigenvalue weighted by Gasteiger charge is 2.26. The zero-order valence-electron chi connectivity index (χ0n) is 9.79. The van der Waals surface area contributed by atoms with Gasteiger partial charge in [-0.2, -0.15) is 0 Å². The van der Waals surface area contributed by atoms with E-state index in [-0.39, 0.29) is 5.75 Å². The van der Waals surface area contributed by atoms with Crippen molar-refractivity contribution in [1.29, 1.82) is 0 Å². The quantitative estimate of drug-likeness (QED) is 0.868. The number of phenols is 1. The third-order valence-electron chi connectivity index (χ3n) is 2.45. The monoisotopic (exact) mass is 267 g/mol. The van der Waals surface area contributed by atoms with Gasteiger partial charge < -0.3 is 14.9 Å². The van der Waals surface area contributed by atoms with E-state index in [9.17, 15) is 9.90 Å². The number of hydrogen-bond donors (Lipinski definition) is 2. The molecule has 1 atom stereocenters.